The first-order valence-corrected chi connectivity index (χ1v) is 5.30. The Morgan fingerprint density at radius 2 is 2.07 bits per heavy atom. The number of nitrogens with zero attached hydrogens (tertiary/aromatic N) is 1. The summed E-state index contributed by atoms with van der Waals surface area (Å²) < 4.78 is 0. The number of rotatable bonds is 3. The zero-order valence-corrected chi connectivity index (χ0v) is 9.25. The van der Waals surface area contributed by atoms with Gasteiger partial charge in [-0.25, -0.2) is 4.98 Å². The zero-order chi connectivity index (χ0) is 10.7. The lowest BCUT2D eigenvalue weighted by molar-refractivity contribution is 0.877. The fourth-order valence-electron chi connectivity index (χ4n) is 1.76. The molecule has 0 aliphatic rings. The monoisotopic (exact) mass is 200 g/mol. The first-order valence-electron chi connectivity index (χ1n) is 5.30. The SMILES string of the molecule is Cc1ccc(C)c(CCc2ncc[nH]2)c1. The molecule has 2 nitrogen and oxygen atoms in total. The van der Waals surface area contributed by atoms with Gasteiger partial charge in [-0.15, -0.1) is 0 Å². The van der Waals surface area contributed by atoms with Gasteiger partial charge in [-0.2, -0.15) is 0 Å². The Morgan fingerprint density at radius 3 is 2.80 bits per heavy atom. The molecule has 0 spiro atoms. The minimum atomic E-state index is 0.983. The molecule has 0 atom stereocenters. The van der Waals surface area contributed by atoms with E-state index < -0.39 is 0 Å². The fraction of sp³-hybridized carbons (Fsp3) is 0.308. The third kappa shape index (κ3) is 2.46. The van der Waals surface area contributed by atoms with E-state index in [1.807, 2.05) is 6.20 Å². The number of nitrogens with one attached hydrogen (secondary N) is 1. The molecule has 0 aliphatic carbocycles. The number of hydrogen-bond donors (Lipinski definition) is 1. The number of aromatic amines is 1. The Bertz CT molecular complexity index is 430. The van der Waals surface area contributed by atoms with Crippen molar-refractivity contribution in [2.24, 2.45) is 0 Å². The summed E-state index contributed by atoms with van der Waals surface area (Å²) in [6.45, 7) is 4.30. The molecule has 2 aromatic rings. The van der Waals surface area contributed by atoms with Crippen molar-refractivity contribution < 1.29 is 0 Å². The number of H-pyrrole nitrogens is 1. The predicted molar refractivity (Wildman–Crippen MR) is 61.9 cm³/mol. The Morgan fingerprint density at radius 1 is 1.20 bits per heavy atom. The molecular weight excluding hydrogens is 184 g/mol. The lowest BCUT2D eigenvalue weighted by atomic mass is 10.0. The van der Waals surface area contributed by atoms with Gasteiger partial charge in [0.15, 0.2) is 0 Å². The van der Waals surface area contributed by atoms with Crippen LogP contribution in [0.5, 0.6) is 0 Å². The van der Waals surface area contributed by atoms with Gasteiger partial charge in [0.1, 0.15) is 5.82 Å². The first-order chi connectivity index (χ1) is 7.25. The molecule has 2 rings (SSSR count). The zero-order valence-electron chi connectivity index (χ0n) is 9.25. The second kappa shape index (κ2) is 4.30. The summed E-state index contributed by atoms with van der Waals surface area (Å²) in [5.41, 5.74) is 4.12. The molecule has 0 amide bonds. The van der Waals surface area contributed by atoms with Gasteiger partial charge < -0.3 is 4.98 Å². The highest BCUT2D eigenvalue weighted by Crippen LogP contribution is 2.12. The molecule has 2 heteroatoms. The number of imidazole rings is 1. The van der Waals surface area contributed by atoms with Gasteiger partial charge in [0.2, 0.25) is 0 Å². The van der Waals surface area contributed by atoms with Gasteiger partial charge in [-0.3, -0.25) is 0 Å². The van der Waals surface area contributed by atoms with Gasteiger partial charge in [-0.05, 0) is 31.4 Å². The summed E-state index contributed by atoms with van der Waals surface area (Å²) in [6, 6.07) is 6.61. The van der Waals surface area contributed by atoms with Crippen molar-refractivity contribution in [3.63, 3.8) is 0 Å². The summed E-state index contributed by atoms with van der Waals surface area (Å²) in [5.74, 6) is 1.07. The lowest BCUT2D eigenvalue weighted by Gasteiger charge is -2.05. The molecule has 1 aromatic carbocycles. The first kappa shape index (κ1) is 9.97. The Balaban J connectivity index is 2.07. The van der Waals surface area contributed by atoms with Gasteiger partial charge in [0.25, 0.3) is 0 Å². The highest BCUT2D eigenvalue weighted by atomic mass is 14.9. The van der Waals surface area contributed by atoms with E-state index in [4.69, 9.17) is 0 Å². The summed E-state index contributed by atoms with van der Waals surface area (Å²) >= 11 is 0. The van der Waals surface area contributed by atoms with Crippen molar-refractivity contribution >= 4 is 0 Å². The summed E-state index contributed by atoms with van der Waals surface area (Å²) in [6.07, 6.45) is 5.72. The highest BCUT2D eigenvalue weighted by molar-refractivity contribution is 5.30. The van der Waals surface area contributed by atoms with Crippen molar-refractivity contribution in [1.29, 1.82) is 0 Å². The van der Waals surface area contributed by atoms with E-state index in [9.17, 15) is 0 Å². The van der Waals surface area contributed by atoms with Crippen LogP contribution in [0.4, 0.5) is 0 Å². The molecule has 0 saturated carbocycles. The topological polar surface area (TPSA) is 28.7 Å². The van der Waals surface area contributed by atoms with Crippen LogP contribution in [0, 0.1) is 13.8 Å². The minimum Gasteiger partial charge on any atom is -0.349 e. The Kier molecular flexibility index (Phi) is 2.86. The fourth-order valence-corrected chi connectivity index (χ4v) is 1.76. The van der Waals surface area contributed by atoms with Crippen LogP contribution in [0.15, 0.2) is 30.6 Å². The van der Waals surface area contributed by atoms with Crippen molar-refractivity contribution in [3.8, 4) is 0 Å². The molecule has 1 aromatic heterocycles. The van der Waals surface area contributed by atoms with Crippen LogP contribution in [0.3, 0.4) is 0 Å². The molecule has 1 N–H and O–H groups in total. The van der Waals surface area contributed by atoms with Crippen LogP contribution in [-0.4, -0.2) is 9.97 Å². The largest absolute Gasteiger partial charge is 0.349 e. The molecule has 0 saturated heterocycles. The van der Waals surface area contributed by atoms with E-state index in [1.54, 1.807) is 6.20 Å². The Hall–Kier alpha value is -1.57. The molecule has 0 unspecified atom stereocenters. The van der Waals surface area contributed by atoms with Gasteiger partial charge in [-0.1, -0.05) is 23.8 Å². The van der Waals surface area contributed by atoms with E-state index >= 15 is 0 Å². The molecule has 15 heavy (non-hydrogen) atoms. The maximum atomic E-state index is 4.23. The number of hydrogen-bond acceptors (Lipinski definition) is 1. The number of benzene rings is 1. The van der Waals surface area contributed by atoms with E-state index in [2.05, 4.69) is 42.0 Å². The van der Waals surface area contributed by atoms with Crippen LogP contribution in [-0.2, 0) is 12.8 Å². The minimum absolute atomic E-state index is 0.983. The molecule has 0 fully saturated rings. The van der Waals surface area contributed by atoms with Crippen molar-refractivity contribution in [2.75, 3.05) is 0 Å². The second-order valence-corrected chi connectivity index (χ2v) is 3.97. The van der Waals surface area contributed by atoms with Crippen molar-refractivity contribution in [1.82, 2.24) is 9.97 Å². The number of aryl methyl sites for hydroxylation is 4. The molecule has 0 radical (unpaired) electrons. The van der Waals surface area contributed by atoms with E-state index in [0.29, 0.717) is 0 Å². The molecule has 0 bridgehead atoms. The van der Waals surface area contributed by atoms with E-state index in [1.165, 1.54) is 16.7 Å². The van der Waals surface area contributed by atoms with Crippen LogP contribution >= 0.6 is 0 Å². The second-order valence-electron chi connectivity index (χ2n) is 3.97. The number of aromatic nitrogens is 2. The molecular formula is C13H16N2. The van der Waals surface area contributed by atoms with E-state index in [-0.39, 0.29) is 0 Å². The summed E-state index contributed by atoms with van der Waals surface area (Å²) in [5, 5.41) is 0. The van der Waals surface area contributed by atoms with Gasteiger partial charge in [0.05, 0.1) is 0 Å². The summed E-state index contributed by atoms with van der Waals surface area (Å²) in [7, 11) is 0. The average Bonchev–Trinajstić information content (AvgIpc) is 2.72. The molecule has 0 aliphatic heterocycles. The van der Waals surface area contributed by atoms with Gasteiger partial charge >= 0.3 is 0 Å². The maximum Gasteiger partial charge on any atom is 0.106 e. The standard InChI is InChI=1S/C13H16N2/c1-10-3-4-11(2)12(9-10)5-6-13-14-7-8-15-13/h3-4,7-9H,5-6H2,1-2H3,(H,14,15). The van der Waals surface area contributed by atoms with Crippen LogP contribution < -0.4 is 0 Å². The van der Waals surface area contributed by atoms with Crippen LogP contribution in [0.2, 0.25) is 0 Å². The predicted octanol–water partition coefficient (Wildman–Crippen LogP) is 2.81. The van der Waals surface area contributed by atoms with Gasteiger partial charge in [0, 0.05) is 18.8 Å². The maximum absolute atomic E-state index is 4.23. The third-order valence-corrected chi connectivity index (χ3v) is 2.69. The van der Waals surface area contributed by atoms with Crippen LogP contribution in [0.1, 0.15) is 22.5 Å². The highest BCUT2D eigenvalue weighted by Gasteiger charge is 2.00. The van der Waals surface area contributed by atoms with Crippen molar-refractivity contribution in [2.45, 2.75) is 26.7 Å². The average molecular weight is 200 g/mol. The third-order valence-electron chi connectivity index (χ3n) is 2.69. The quantitative estimate of drug-likeness (QED) is 0.811. The Labute approximate surface area is 90.4 Å². The molecule has 1 heterocycles. The van der Waals surface area contributed by atoms with E-state index in [0.717, 1.165) is 18.7 Å². The molecule has 78 valence electrons. The smallest absolute Gasteiger partial charge is 0.106 e. The summed E-state index contributed by atoms with van der Waals surface area (Å²) in [4.78, 5) is 7.36. The lowest BCUT2D eigenvalue weighted by Crippen LogP contribution is -1.96. The normalized spacial score (nSPS) is 10.5. The van der Waals surface area contributed by atoms with Crippen LogP contribution in [0.25, 0.3) is 0 Å². The van der Waals surface area contributed by atoms with Crippen molar-refractivity contribution in [3.05, 3.63) is 53.1 Å².